The van der Waals surface area contributed by atoms with Crippen LogP contribution in [0.3, 0.4) is 0 Å². The molecule has 2 amide bonds. The molecule has 0 saturated carbocycles. The summed E-state index contributed by atoms with van der Waals surface area (Å²) in [5.41, 5.74) is 2.43. The Labute approximate surface area is 223 Å². The van der Waals surface area contributed by atoms with Crippen LogP contribution in [0, 0.1) is 0 Å². The van der Waals surface area contributed by atoms with Crippen LogP contribution in [-0.4, -0.2) is 50.4 Å². The Morgan fingerprint density at radius 1 is 0.919 bits per heavy atom. The Morgan fingerprint density at radius 3 is 1.97 bits per heavy atom. The molecule has 3 rings (SSSR count). The van der Waals surface area contributed by atoms with E-state index in [1.807, 2.05) is 0 Å². The third-order valence-electron chi connectivity index (χ3n) is 5.41. The Morgan fingerprint density at radius 2 is 1.49 bits per heavy atom. The summed E-state index contributed by atoms with van der Waals surface area (Å²) in [6, 6.07) is 13.6. The van der Waals surface area contributed by atoms with E-state index in [0.29, 0.717) is 28.3 Å². The molecular formula is C26H24Cl2N2O7. The fraction of sp³-hybridized carbons (Fsp3) is 0.192. The first-order valence-corrected chi connectivity index (χ1v) is 11.6. The normalized spacial score (nSPS) is 11.3. The SMILES string of the molecule is COC(=O)Nc1cc(OC)c(-c2ccc(C[C@H](NC(=O)c3c(Cl)cccc3Cl)C(=O)O)cc2)c(OC)c1. The zero-order valence-electron chi connectivity index (χ0n) is 20.1. The number of amides is 2. The molecule has 3 N–H and O–H groups in total. The number of halogens is 2. The van der Waals surface area contributed by atoms with Gasteiger partial charge in [-0.25, -0.2) is 9.59 Å². The summed E-state index contributed by atoms with van der Waals surface area (Å²) in [5.74, 6) is -1.02. The minimum absolute atomic E-state index is 0.0109. The second-order valence-corrected chi connectivity index (χ2v) is 8.55. The molecule has 0 saturated heterocycles. The van der Waals surface area contributed by atoms with E-state index in [2.05, 4.69) is 15.4 Å². The van der Waals surface area contributed by atoms with E-state index in [-0.39, 0.29) is 22.0 Å². The predicted molar refractivity (Wildman–Crippen MR) is 140 cm³/mol. The average Bonchev–Trinajstić information content (AvgIpc) is 2.88. The molecule has 37 heavy (non-hydrogen) atoms. The monoisotopic (exact) mass is 546 g/mol. The minimum Gasteiger partial charge on any atom is -0.496 e. The van der Waals surface area contributed by atoms with Crippen LogP contribution in [0.25, 0.3) is 11.1 Å². The minimum atomic E-state index is -1.22. The van der Waals surface area contributed by atoms with Crippen LogP contribution in [0.4, 0.5) is 10.5 Å². The maximum atomic E-state index is 12.7. The molecule has 0 aliphatic heterocycles. The van der Waals surface area contributed by atoms with Gasteiger partial charge in [0.25, 0.3) is 5.91 Å². The van der Waals surface area contributed by atoms with Gasteiger partial charge in [-0.2, -0.15) is 0 Å². The number of aliphatic carboxylic acids is 1. The number of carbonyl (C=O) groups is 3. The van der Waals surface area contributed by atoms with Crippen molar-refractivity contribution in [1.29, 1.82) is 0 Å². The van der Waals surface area contributed by atoms with E-state index in [9.17, 15) is 19.5 Å². The average molecular weight is 547 g/mol. The first-order chi connectivity index (χ1) is 17.7. The van der Waals surface area contributed by atoms with Crippen molar-refractivity contribution in [2.75, 3.05) is 26.6 Å². The predicted octanol–water partition coefficient (Wildman–Crippen LogP) is 5.28. The number of hydrogen-bond acceptors (Lipinski definition) is 6. The van der Waals surface area contributed by atoms with Crippen molar-refractivity contribution in [2.45, 2.75) is 12.5 Å². The van der Waals surface area contributed by atoms with Crippen molar-refractivity contribution < 1.29 is 33.7 Å². The van der Waals surface area contributed by atoms with Gasteiger partial charge in [0.1, 0.15) is 17.5 Å². The van der Waals surface area contributed by atoms with Crippen LogP contribution in [0.5, 0.6) is 11.5 Å². The van der Waals surface area contributed by atoms with Crippen molar-refractivity contribution in [2.24, 2.45) is 0 Å². The number of hydrogen-bond donors (Lipinski definition) is 3. The fourth-order valence-corrected chi connectivity index (χ4v) is 4.19. The Hall–Kier alpha value is -3.95. The van der Waals surface area contributed by atoms with Crippen molar-refractivity contribution in [3.05, 3.63) is 75.8 Å². The summed E-state index contributed by atoms with van der Waals surface area (Å²) in [4.78, 5) is 36.1. The van der Waals surface area contributed by atoms with Gasteiger partial charge in [-0.15, -0.1) is 0 Å². The number of nitrogens with one attached hydrogen (secondary N) is 2. The van der Waals surface area contributed by atoms with Crippen LogP contribution in [0.1, 0.15) is 15.9 Å². The maximum Gasteiger partial charge on any atom is 0.411 e. The van der Waals surface area contributed by atoms with E-state index < -0.39 is 24.0 Å². The standard InChI is InChI=1S/C26H24Cl2N2O7/c1-35-20-12-16(29-26(34)37-3)13-21(36-2)22(20)15-9-7-14(8-10-15)11-19(25(32)33)30-24(31)23-17(27)5-4-6-18(23)28/h4-10,12-13,19H,11H2,1-3H3,(H,29,34)(H,30,31)(H,32,33)/t19-/m0/s1. The number of rotatable bonds is 9. The van der Waals surface area contributed by atoms with Crippen molar-refractivity contribution in [3.8, 4) is 22.6 Å². The lowest BCUT2D eigenvalue weighted by molar-refractivity contribution is -0.139. The number of methoxy groups -OCH3 is 3. The molecule has 0 spiro atoms. The van der Waals surface area contributed by atoms with Crippen LogP contribution in [-0.2, 0) is 16.0 Å². The molecule has 0 aromatic heterocycles. The summed E-state index contributed by atoms with van der Waals surface area (Å²) in [6.07, 6.45) is -0.627. The first kappa shape index (κ1) is 27.6. The number of carboxylic acids is 1. The topological polar surface area (TPSA) is 123 Å². The van der Waals surface area contributed by atoms with Crippen molar-refractivity contribution in [3.63, 3.8) is 0 Å². The van der Waals surface area contributed by atoms with Crippen molar-refractivity contribution in [1.82, 2.24) is 5.32 Å². The number of carbonyl (C=O) groups excluding carboxylic acids is 2. The highest BCUT2D eigenvalue weighted by Gasteiger charge is 2.24. The molecule has 194 valence electrons. The van der Waals surface area contributed by atoms with Gasteiger partial charge in [-0.3, -0.25) is 10.1 Å². The van der Waals surface area contributed by atoms with E-state index in [1.165, 1.54) is 33.5 Å². The molecule has 9 nitrogen and oxygen atoms in total. The molecule has 0 aliphatic rings. The lowest BCUT2D eigenvalue weighted by atomic mass is 9.98. The number of carboxylic acid groups (broad SMARTS) is 1. The molecule has 3 aromatic rings. The highest BCUT2D eigenvalue weighted by atomic mass is 35.5. The molecule has 0 aliphatic carbocycles. The van der Waals surface area contributed by atoms with Gasteiger partial charge in [-0.05, 0) is 23.3 Å². The second-order valence-electron chi connectivity index (χ2n) is 7.73. The van der Waals surface area contributed by atoms with Crippen LogP contribution < -0.4 is 20.1 Å². The van der Waals surface area contributed by atoms with Gasteiger partial charge >= 0.3 is 12.1 Å². The van der Waals surface area contributed by atoms with Crippen molar-refractivity contribution >= 4 is 46.9 Å². The van der Waals surface area contributed by atoms with Gasteiger partial charge < -0.3 is 24.6 Å². The lowest BCUT2D eigenvalue weighted by Gasteiger charge is -2.17. The molecule has 0 fully saturated rings. The molecular weight excluding hydrogens is 523 g/mol. The first-order valence-electron chi connectivity index (χ1n) is 10.9. The quantitative estimate of drug-likeness (QED) is 0.333. The summed E-state index contributed by atoms with van der Waals surface area (Å²) in [7, 11) is 4.23. The summed E-state index contributed by atoms with van der Waals surface area (Å²) in [6.45, 7) is 0. The molecule has 0 unspecified atom stereocenters. The van der Waals surface area contributed by atoms with Crippen LogP contribution in [0.15, 0.2) is 54.6 Å². The zero-order chi connectivity index (χ0) is 27.1. The Kier molecular flexibility index (Phi) is 9.21. The van der Waals surface area contributed by atoms with Gasteiger partial charge in [0.2, 0.25) is 0 Å². The number of anilines is 1. The van der Waals surface area contributed by atoms with Gasteiger partial charge in [0, 0.05) is 18.6 Å². The molecule has 1 atom stereocenters. The Bertz CT molecular complexity index is 1270. The lowest BCUT2D eigenvalue weighted by Crippen LogP contribution is -2.42. The molecule has 0 bridgehead atoms. The smallest absolute Gasteiger partial charge is 0.411 e. The van der Waals surface area contributed by atoms with Crippen LogP contribution in [0.2, 0.25) is 10.0 Å². The van der Waals surface area contributed by atoms with Gasteiger partial charge in [-0.1, -0.05) is 53.5 Å². The van der Waals surface area contributed by atoms with E-state index in [1.54, 1.807) is 42.5 Å². The molecule has 0 heterocycles. The van der Waals surface area contributed by atoms with Crippen LogP contribution >= 0.6 is 23.2 Å². The summed E-state index contributed by atoms with van der Waals surface area (Å²) >= 11 is 12.1. The third kappa shape index (κ3) is 6.63. The zero-order valence-corrected chi connectivity index (χ0v) is 21.6. The van der Waals surface area contributed by atoms with Gasteiger partial charge in [0.05, 0.1) is 48.2 Å². The second kappa shape index (κ2) is 12.3. The maximum absolute atomic E-state index is 12.7. The Balaban J connectivity index is 1.84. The number of benzene rings is 3. The third-order valence-corrected chi connectivity index (χ3v) is 6.04. The van der Waals surface area contributed by atoms with E-state index in [0.717, 1.165) is 5.56 Å². The molecule has 0 radical (unpaired) electrons. The summed E-state index contributed by atoms with van der Waals surface area (Å²) in [5, 5.41) is 15.0. The summed E-state index contributed by atoms with van der Waals surface area (Å²) < 4.78 is 15.6. The van der Waals surface area contributed by atoms with Gasteiger partial charge in [0.15, 0.2) is 0 Å². The largest absolute Gasteiger partial charge is 0.496 e. The highest BCUT2D eigenvalue weighted by molar-refractivity contribution is 6.39. The van der Waals surface area contributed by atoms with E-state index >= 15 is 0 Å². The molecule has 3 aromatic carbocycles. The highest BCUT2D eigenvalue weighted by Crippen LogP contribution is 2.41. The number of ether oxygens (including phenoxy) is 3. The fourth-order valence-electron chi connectivity index (χ4n) is 3.63. The van der Waals surface area contributed by atoms with E-state index in [4.69, 9.17) is 32.7 Å². The molecule has 11 heteroatoms.